The summed E-state index contributed by atoms with van der Waals surface area (Å²) >= 11 is 0. The lowest BCUT2D eigenvalue weighted by Gasteiger charge is -2.36. The Morgan fingerprint density at radius 1 is 1.44 bits per heavy atom. The van der Waals surface area contributed by atoms with Crippen LogP contribution in [-0.2, 0) is 16.8 Å². The zero-order chi connectivity index (χ0) is 17.9. The van der Waals surface area contributed by atoms with Gasteiger partial charge in [0.25, 0.3) is 5.89 Å². The fourth-order valence-electron chi connectivity index (χ4n) is 2.94. The first kappa shape index (κ1) is 17.3. The predicted octanol–water partition coefficient (Wildman–Crippen LogP) is 1.28. The van der Waals surface area contributed by atoms with Crippen LogP contribution in [-0.4, -0.2) is 50.7 Å². The molecular formula is C17H22N4O4. The summed E-state index contributed by atoms with van der Waals surface area (Å²) in [6, 6.07) is 5.49. The van der Waals surface area contributed by atoms with E-state index in [0.717, 1.165) is 5.69 Å². The van der Waals surface area contributed by atoms with Crippen LogP contribution in [0.4, 0.5) is 0 Å². The molecule has 3 heterocycles. The van der Waals surface area contributed by atoms with E-state index in [2.05, 4.69) is 15.1 Å². The lowest BCUT2D eigenvalue weighted by atomic mass is 9.92. The van der Waals surface area contributed by atoms with Crippen LogP contribution in [0.5, 0.6) is 5.88 Å². The molecule has 1 amide bonds. The predicted molar refractivity (Wildman–Crippen MR) is 87.9 cm³/mol. The topological polar surface area (TPSA) is 102 Å². The third kappa shape index (κ3) is 3.96. The molecule has 25 heavy (non-hydrogen) atoms. The molecule has 134 valence electrons. The molecule has 3 rings (SSSR count). The van der Waals surface area contributed by atoms with Gasteiger partial charge >= 0.3 is 0 Å². The van der Waals surface area contributed by atoms with Gasteiger partial charge in [0.05, 0.1) is 25.3 Å². The number of pyridine rings is 1. The molecule has 8 heteroatoms. The van der Waals surface area contributed by atoms with Crippen molar-refractivity contribution >= 4 is 5.91 Å². The summed E-state index contributed by atoms with van der Waals surface area (Å²) < 4.78 is 10.7. The molecule has 1 N–H and O–H groups in total. The van der Waals surface area contributed by atoms with E-state index in [9.17, 15) is 9.90 Å². The minimum atomic E-state index is -1.30. The Bertz CT molecular complexity index is 748. The minimum Gasteiger partial charge on any atom is -0.478 e. The van der Waals surface area contributed by atoms with Crippen LogP contribution in [0.1, 0.15) is 44.1 Å². The Morgan fingerprint density at radius 3 is 3.04 bits per heavy atom. The summed E-state index contributed by atoms with van der Waals surface area (Å²) in [7, 11) is 0. The number of aromatic nitrogens is 3. The van der Waals surface area contributed by atoms with Gasteiger partial charge in [-0.05, 0) is 25.8 Å². The van der Waals surface area contributed by atoms with E-state index in [1.807, 2.05) is 19.1 Å². The van der Waals surface area contributed by atoms with Crippen molar-refractivity contribution in [2.24, 2.45) is 0 Å². The van der Waals surface area contributed by atoms with Crippen LogP contribution in [0, 0.1) is 0 Å². The van der Waals surface area contributed by atoms with Crippen molar-refractivity contribution in [2.45, 2.75) is 38.7 Å². The second-order valence-corrected chi connectivity index (χ2v) is 6.17. The average molecular weight is 346 g/mol. The smallest absolute Gasteiger partial charge is 0.260 e. The summed E-state index contributed by atoms with van der Waals surface area (Å²) in [5.41, 5.74) is -0.547. The maximum atomic E-state index is 11.6. The molecule has 0 aliphatic carbocycles. The third-order valence-electron chi connectivity index (χ3n) is 4.19. The van der Waals surface area contributed by atoms with Gasteiger partial charge in [-0.3, -0.25) is 4.79 Å². The number of carbonyl (C=O) groups excluding carboxylic acids is 1. The molecule has 1 saturated heterocycles. The first-order valence-corrected chi connectivity index (χ1v) is 8.40. The van der Waals surface area contributed by atoms with E-state index in [1.54, 1.807) is 11.0 Å². The largest absolute Gasteiger partial charge is 0.478 e. The van der Waals surface area contributed by atoms with Crippen LogP contribution in [0.2, 0.25) is 0 Å². The number of hydrogen-bond donors (Lipinski definition) is 1. The quantitative estimate of drug-likeness (QED) is 0.870. The van der Waals surface area contributed by atoms with Crippen LogP contribution in [0.3, 0.4) is 0 Å². The molecule has 0 unspecified atom stereocenters. The number of likely N-dealkylation sites (tertiary alicyclic amines) is 1. The number of aliphatic hydroxyl groups is 1. The monoisotopic (exact) mass is 346 g/mol. The Hall–Kier alpha value is -2.48. The molecule has 0 radical (unpaired) electrons. The number of amides is 1. The Labute approximate surface area is 145 Å². The molecule has 1 aliphatic heterocycles. The van der Waals surface area contributed by atoms with Crippen LogP contribution in [0.25, 0.3) is 0 Å². The molecule has 2 aromatic rings. The van der Waals surface area contributed by atoms with Gasteiger partial charge in [0.2, 0.25) is 11.8 Å². The van der Waals surface area contributed by atoms with Crippen LogP contribution >= 0.6 is 0 Å². The molecule has 1 atom stereocenters. The second kappa shape index (κ2) is 7.18. The maximum absolute atomic E-state index is 11.6. The van der Waals surface area contributed by atoms with E-state index in [1.165, 1.54) is 6.92 Å². The van der Waals surface area contributed by atoms with E-state index in [-0.39, 0.29) is 18.3 Å². The normalized spacial score (nSPS) is 20.5. The van der Waals surface area contributed by atoms with Gasteiger partial charge in [-0.2, -0.15) is 4.98 Å². The first-order valence-electron chi connectivity index (χ1n) is 8.40. The highest BCUT2D eigenvalue weighted by Crippen LogP contribution is 2.30. The zero-order valence-corrected chi connectivity index (χ0v) is 14.4. The highest BCUT2D eigenvalue weighted by Gasteiger charge is 2.40. The molecule has 0 bridgehead atoms. The molecule has 8 nitrogen and oxygen atoms in total. The lowest BCUT2D eigenvalue weighted by Crippen LogP contribution is -2.48. The van der Waals surface area contributed by atoms with Gasteiger partial charge in [-0.1, -0.05) is 11.2 Å². The molecule has 0 aromatic carbocycles. The fraction of sp³-hybridized carbons (Fsp3) is 0.529. The number of ether oxygens (including phenoxy) is 1. The highest BCUT2D eigenvalue weighted by molar-refractivity contribution is 5.73. The summed E-state index contributed by atoms with van der Waals surface area (Å²) in [5, 5.41) is 14.8. The van der Waals surface area contributed by atoms with Crippen molar-refractivity contribution in [2.75, 3.05) is 19.7 Å². The third-order valence-corrected chi connectivity index (χ3v) is 4.19. The summed E-state index contributed by atoms with van der Waals surface area (Å²) in [6.07, 6.45) is 1.54. The number of rotatable bonds is 5. The molecule has 1 fully saturated rings. The summed E-state index contributed by atoms with van der Waals surface area (Å²) in [5.74, 6) is 1.06. The second-order valence-electron chi connectivity index (χ2n) is 6.17. The maximum Gasteiger partial charge on any atom is 0.260 e. The van der Waals surface area contributed by atoms with Gasteiger partial charge in [-0.15, -0.1) is 0 Å². The van der Waals surface area contributed by atoms with Crippen molar-refractivity contribution in [3.05, 3.63) is 35.6 Å². The Kier molecular flexibility index (Phi) is 4.98. The first-order chi connectivity index (χ1) is 12.0. The Morgan fingerprint density at radius 2 is 2.28 bits per heavy atom. The van der Waals surface area contributed by atoms with Crippen LogP contribution in [0.15, 0.2) is 22.7 Å². The number of nitrogens with zero attached hydrogens (tertiary/aromatic N) is 4. The van der Waals surface area contributed by atoms with Crippen molar-refractivity contribution in [1.29, 1.82) is 0 Å². The number of hydrogen-bond acceptors (Lipinski definition) is 7. The zero-order valence-electron chi connectivity index (χ0n) is 14.4. The van der Waals surface area contributed by atoms with Crippen molar-refractivity contribution in [3.63, 3.8) is 0 Å². The van der Waals surface area contributed by atoms with Crippen LogP contribution < -0.4 is 4.74 Å². The van der Waals surface area contributed by atoms with E-state index >= 15 is 0 Å². The van der Waals surface area contributed by atoms with Gasteiger partial charge in [0, 0.05) is 19.5 Å². The summed E-state index contributed by atoms with van der Waals surface area (Å²) in [4.78, 5) is 21.9. The fourth-order valence-corrected chi connectivity index (χ4v) is 2.94. The van der Waals surface area contributed by atoms with Gasteiger partial charge < -0.3 is 19.3 Å². The standard InChI is InChI=1S/C17H22N4O4/c1-3-24-15-7-4-6-13(18-15)10-14-19-16(25-20-14)17(23)8-5-9-21(11-17)12(2)22/h4,6-7,23H,3,5,8-11H2,1-2H3/t17-/m0/s1. The van der Waals surface area contributed by atoms with E-state index < -0.39 is 5.60 Å². The molecule has 1 aliphatic rings. The average Bonchev–Trinajstić information content (AvgIpc) is 3.05. The lowest BCUT2D eigenvalue weighted by molar-refractivity contribution is -0.138. The molecule has 0 saturated carbocycles. The number of β-amino-alcohol motifs (C(OH)–C–C–N with tert-alkyl or cyclic N) is 1. The van der Waals surface area contributed by atoms with Gasteiger partial charge in [-0.25, -0.2) is 4.98 Å². The van der Waals surface area contributed by atoms with Gasteiger partial charge in [0.1, 0.15) is 0 Å². The number of piperidine rings is 1. The minimum absolute atomic E-state index is 0.0743. The molecular weight excluding hydrogens is 324 g/mol. The summed E-state index contributed by atoms with van der Waals surface area (Å²) in [6.45, 7) is 4.73. The van der Waals surface area contributed by atoms with Gasteiger partial charge in [0.15, 0.2) is 11.4 Å². The molecule has 0 spiro atoms. The number of carbonyl (C=O) groups is 1. The van der Waals surface area contributed by atoms with E-state index in [0.29, 0.717) is 44.1 Å². The highest BCUT2D eigenvalue weighted by atomic mass is 16.5. The van der Waals surface area contributed by atoms with Crippen molar-refractivity contribution < 1.29 is 19.2 Å². The SMILES string of the molecule is CCOc1cccc(Cc2noc([C@]3(O)CCCN(C(C)=O)C3)n2)n1. The van der Waals surface area contributed by atoms with Crippen molar-refractivity contribution in [1.82, 2.24) is 20.0 Å². The molecule has 2 aromatic heterocycles. The Balaban J connectivity index is 1.73. The van der Waals surface area contributed by atoms with Crippen molar-refractivity contribution in [3.8, 4) is 5.88 Å². The van der Waals surface area contributed by atoms with E-state index in [4.69, 9.17) is 9.26 Å².